The molecule has 1 saturated carbocycles. The Morgan fingerprint density at radius 1 is 1.16 bits per heavy atom. The van der Waals surface area contributed by atoms with Crippen LogP contribution in [0.1, 0.15) is 31.2 Å². The molecule has 1 aliphatic carbocycles. The zero-order valence-electron chi connectivity index (χ0n) is 14.1. The second-order valence-electron chi connectivity index (χ2n) is 6.47. The van der Waals surface area contributed by atoms with Crippen molar-refractivity contribution in [1.29, 1.82) is 0 Å². The van der Waals surface area contributed by atoms with Crippen LogP contribution in [0, 0.1) is 11.8 Å². The van der Waals surface area contributed by atoms with Crippen LogP contribution in [0.25, 0.3) is 6.08 Å². The maximum atomic E-state index is 12.0. The maximum Gasteiger partial charge on any atom is 0.306 e. The lowest BCUT2D eigenvalue weighted by Crippen LogP contribution is -2.36. The Labute approximate surface area is 146 Å². The molecule has 6 nitrogen and oxygen atoms in total. The molecular weight excluding hydrogens is 322 g/mol. The number of amides is 1. The number of benzene rings is 1. The second-order valence-corrected chi connectivity index (χ2v) is 6.47. The molecule has 0 saturated heterocycles. The fourth-order valence-electron chi connectivity index (χ4n) is 3.40. The molecular formula is C19H23NO5. The van der Waals surface area contributed by atoms with Crippen LogP contribution in [-0.2, 0) is 9.59 Å². The maximum absolute atomic E-state index is 12.0. The number of carbonyl (C=O) groups excluding carboxylic acids is 1. The van der Waals surface area contributed by atoms with Gasteiger partial charge in [-0.25, -0.2) is 0 Å². The molecule has 0 aromatic heterocycles. The average molecular weight is 345 g/mol. The lowest BCUT2D eigenvalue weighted by atomic mass is 9.79. The largest absolute Gasteiger partial charge is 0.486 e. The number of carboxylic acids is 1. The first-order valence-electron chi connectivity index (χ1n) is 8.72. The number of hydrogen-bond donors (Lipinski definition) is 2. The van der Waals surface area contributed by atoms with E-state index in [4.69, 9.17) is 9.47 Å². The van der Waals surface area contributed by atoms with Gasteiger partial charge in [-0.05, 0) is 42.5 Å². The summed E-state index contributed by atoms with van der Waals surface area (Å²) in [6, 6.07) is 5.52. The Kier molecular flexibility index (Phi) is 5.58. The minimum atomic E-state index is -0.759. The van der Waals surface area contributed by atoms with Crippen molar-refractivity contribution in [1.82, 2.24) is 5.32 Å². The molecule has 2 atom stereocenters. The number of carbonyl (C=O) groups is 2. The molecule has 1 fully saturated rings. The van der Waals surface area contributed by atoms with E-state index in [-0.39, 0.29) is 17.7 Å². The van der Waals surface area contributed by atoms with E-state index in [0.29, 0.717) is 37.7 Å². The van der Waals surface area contributed by atoms with E-state index >= 15 is 0 Å². The van der Waals surface area contributed by atoms with Gasteiger partial charge in [-0.3, -0.25) is 9.59 Å². The van der Waals surface area contributed by atoms with Gasteiger partial charge in [0.1, 0.15) is 13.2 Å². The normalized spacial score (nSPS) is 22.6. The summed E-state index contributed by atoms with van der Waals surface area (Å²) in [6.45, 7) is 1.47. The summed E-state index contributed by atoms with van der Waals surface area (Å²) < 4.78 is 11.0. The monoisotopic (exact) mass is 345 g/mol. The highest BCUT2D eigenvalue weighted by Gasteiger charge is 2.30. The Morgan fingerprint density at radius 3 is 2.72 bits per heavy atom. The van der Waals surface area contributed by atoms with Crippen molar-refractivity contribution < 1.29 is 24.2 Å². The van der Waals surface area contributed by atoms with Gasteiger partial charge >= 0.3 is 5.97 Å². The molecule has 2 aliphatic rings. The molecule has 1 heterocycles. The molecule has 1 aromatic rings. The molecule has 1 aromatic carbocycles. The van der Waals surface area contributed by atoms with Gasteiger partial charge in [0.25, 0.3) is 0 Å². The predicted molar refractivity (Wildman–Crippen MR) is 92.6 cm³/mol. The van der Waals surface area contributed by atoms with Crippen LogP contribution < -0.4 is 14.8 Å². The van der Waals surface area contributed by atoms with Gasteiger partial charge in [-0.15, -0.1) is 0 Å². The van der Waals surface area contributed by atoms with E-state index in [1.165, 1.54) is 6.08 Å². The highest BCUT2D eigenvalue weighted by molar-refractivity contribution is 5.91. The number of ether oxygens (including phenoxy) is 2. The summed E-state index contributed by atoms with van der Waals surface area (Å²) in [7, 11) is 0. The highest BCUT2D eigenvalue weighted by Crippen LogP contribution is 2.31. The fraction of sp³-hybridized carbons (Fsp3) is 0.474. The van der Waals surface area contributed by atoms with Crippen LogP contribution in [0.4, 0.5) is 0 Å². The van der Waals surface area contributed by atoms with Crippen LogP contribution in [0.3, 0.4) is 0 Å². The summed E-state index contributed by atoms with van der Waals surface area (Å²) in [4.78, 5) is 23.3. The molecule has 1 aliphatic heterocycles. The minimum absolute atomic E-state index is 0.0119. The van der Waals surface area contributed by atoms with E-state index in [9.17, 15) is 14.7 Å². The SMILES string of the molecule is O=C(/C=C\c1ccc2c(c1)OCCO2)NC[C@@H]1CCCC[C@@H]1C(=O)O. The molecule has 6 heteroatoms. The number of hydrogen-bond acceptors (Lipinski definition) is 4. The number of nitrogens with one attached hydrogen (secondary N) is 1. The van der Waals surface area contributed by atoms with Crippen LogP contribution in [0.5, 0.6) is 11.5 Å². The van der Waals surface area contributed by atoms with Gasteiger partial charge in [0, 0.05) is 12.6 Å². The van der Waals surface area contributed by atoms with Crippen molar-refractivity contribution in [2.45, 2.75) is 25.7 Å². The molecule has 25 heavy (non-hydrogen) atoms. The van der Waals surface area contributed by atoms with Crippen molar-refractivity contribution in [2.75, 3.05) is 19.8 Å². The van der Waals surface area contributed by atoms with E-state index in [0.717, 1.165) is 24.8 Å². The molecule has 2 N–H and O–H groups in total. The second kappa shape index (κ2) is 8.05. The Hall–Kier alpha value is -2.50. The first-order chi connectivity index (χ1) is 12.1. The first-order valence-corrected chi connectivity index (χ1v) is 8.72. The van der Waals surface area contributed by atoms with Crippen molar-refractivity contribution in [3.63, 3.8) is 0 Å². The van der Waals surface area contributed by atoms with Crippen LogP contribution >= 0.6 is 0 Å². The summed E-state index contributed by atoms with van der Waals surface area (Å²) >= 11 is 0. The lowest BCUT2D eigenvalue weighted by Gasteiger charge is -2.28. The fourth-order valence-corrected chi connectivity index (χ4v) is 3.40. The lowest BCUT2D eigenvalue weighted by molar-refractivity contribution is -0.145. The predicted octanol–water partition coefficient (Wildman–Crippen LogP) is 2.48. The minimum Gasteiger partial charge on any atom is -0.486 e. The number of aliphatic carboxylic acids is 1. The van der Waals surface area contributed by atoms with Crippen molar-refractivity contribution >= 4 is 18.0 Å². The Morgan fingerprint density at radius 2 is 1.92 bits per heavy atom. The van der Waals surface area contributed by atoms with Crippen LogP contribution in [0.15, 0.2) is 24.3 Å². The van der Waals surface area contributed by atoms with Gasteiger partial charge in [0.05, 0.1) is 5.92 Å². The third-order valence-electron chi connectivity index (χ3n) is 4.76. The highest BCUT2D eigenvalue weighted by atomic mass is 16.6. The topological polar surface area (TPSA) is 84.9 Å². The molecule has 0 bridgehead atoms. The molecule has 0 unspecified atom stereocenters. The smallest absolute Gasteiger partial charge is 0.306 e. The molecule has 134 valence electrons. The van der Waals surface area contributed by atoms with E-state index in [1.807, 2.05) is 18.2 Å². The number of rotatable bonds is 5. The third-order valence-corrected chi connectivity index (χ3v) is 4.76. The standard InChI is InChI=1S/C19H23NO5/c21-18(20-12-14-3-1-2-4-15(14)19(22)23)8-6-13-5-7-16-17(11-13)25-10-9-24-16/h5-8,11,14-15H,1-4,9-10,12H2,(H,20,21)(H,22,23)/b8-6-/t14-,15-/m0/s1. The average Bonchev–Trinajstić information content (AvgIpc) is 2.64. The molecule has 1 amide bonds. The van der Waals surface area contributed by atoms with Crippen LogP contribution in [0.2, 0.25) is 0 Å². The van der Waals surface area contributed by atoms with Crippen molar-refractivity contribution in [3.8, 4) is 11.5 Å². The zero-order valence-corrected chi connectivity index (χ0v) is 14.1. The molecule has 0 radical (unpaired) electrons. The molecule has 3 rings (SSSR count). The van der Waals surface area contributed by atoms with Crippen molar-refractivity contribution in [2.24, 2.45) is 11.8 Å². The third kappa shape index (κ3) is 4.53. The van der Waals surface area contributed by atoms with Gasteiger partial charge < -0.3 is 19.9 Å². The van der Waals surface area contributed by atoms with Gasteiger partial charge in [0.15, 0.2) is 11.5 Å². The number of fused-ring (bicyclic) bond motifs is 1. The summed E-state index contributed by atoms with van der Waals surface area (Å²) in [5.41, 5.74) is 0.848. The summed E-state index contributed by atoms with van der Waals surface area (Å²) in [5.74, 6) is 0.0780. The Bertz CT molecular complexity index is 670. The zero-order chi connectivity index (χ0) is 17.6. The first kappa shape index (κ1) is 17.3. The quantitative estimate of drug-likeness (QED) is 0.801. The summed E-state index contributed by atoms with van der Waals surface area (Å²) in [6.07, 6.45) is 6.70. The molecule has 0 spiro atoms. The summed E-state index contributed by atoms with van der Waals surface area (Å²) in [5, 5.41) is 12.1. The van der Waals surface area contributed by atoms with Gasteiger partial charge in [0.2, 0.25) is 5.91 Å². The Balaban J connectivity index is 1.53. The van der Waals surface area contributed by atoms with Gasteiger partial charge in [-0.1, -0.05) is 18.9 Å². The van der Waals surface area contributed by atoms with E-state index in [2.05, 4.69) is 5.32 Å². The van der Waals surface area contributed by atoms with E-state index in [1.54, 1.807) is 6.08 Å². The van der Waals surface area contributed by atoms with E-state index < -0.39 is 5.97 Å². The number of carboxylic acid groups (broad SMARTS) is 1. The van der Waals surface area contributed by atoms with Crippen LogP contribution in [-0.4, -0.2) is 36.7 Å². The van der Waals surface area contributed by atoms with Crippen molar-refractivity contribution in [3.05, 3.63) is 29.8 Å². The van der Waals surface area contributed by atoms with Gasteiger partial charge in [-0.2, -0.15) is 0 Å².